The van der Waals surface area contributed by atoms with Gasteiger partial charge in [-0.05, 0) is 40.8 Å². The van der Waals surface area contributed by atoms with Crippen molar-refractivity contribution >= 4 is 51.9 Å². The van der Waals surface area contributed by atoms with Crippen molar-refractivity contribution in [2.24, 2.45) is 7.05 Å². The van der Waals surface area contributed by atoms with Gasteiger partial charge in [0.1, 0.15) is 0 Å². The number of hydrogen-bond acceptors (Lipinski definition) is 6. The fourth-order valence-electron chi connectivity index (χ4n) is 2.37. The van der Waals surface area contributed by atoms with Gasteiger partial charge >= 0.3 is 0 Å². The second-order valence-electron chi connectivity index (χ2n) is 5.29. The summed E-state index contributed by atoms with van der Waals surface area (Å²) >= 11 is 3.60. The number of benzene rings is 1. The molecule has 2 aromatic rings. The normalized spacial score (nSPS) is 14.7. The lowest BCUT2D eigenvalue weighted by molar-refractivity contribution is -0.113. The Hall–Kier alpha value is -1.33. The van der Waals surface area contributed by atoms with Crippen LogP contribution in [0.1, 0.15) is 0 Å². The summed E-state index contributed by atoms with van der Waals surface area (Å²) < 4.78 is 8.36. The lowest BCUT2D eigenvalue weighted by Gasteiger charge is -2.27. The molecule has 2 heterocycles. The average Bonchev–Trinajstić information content (AvgIpc) is 2.94. The van der Waals surface area contributed by atoms with E-state index in [-0.39, 0.29) is 5.91 Å². The van der Waals surface area contributed by atoms with E-state index < -0.39 is 0 Å². The molecule has 128 valence electrons. The van der Waals surface area contributed by atoms with Crippen molar-refractivity contribution in [2.45, 2.75) is 5.16 Å². The van der Waals surface area contributed by atoms with Crippen LogP contribution in [0.15, 0.2) is 29.4 Å². The SMILES string of the molecule is Cn1c(SCC(=O)Nc2cccc(I)c2)nnc1N1CCOCC1. The van der Waals surface area contributed by atoms with Crippen LogP contribution >= 0.6 is 34.4 Å². The smallest absolute Gasteiger partial charge is 0.234 e. The van der Waals surface area contributed by atoms with E-state index in [1.807, 2.05) is 35.9 Å². The van der Waals surface area contributed by atoms with Crippen molar-refractivity contribution in [2.75, 3.05) is 42.3 Å². The Labute approximate surface area is 158 Å². The molecule has 0 unspecified atom stereocenters. The standard InChI is InChI=1S/C15H18IN5O2S/c1-20-14(21-5-7-23-8-6-21)18-19-15(20)24-10-13(22)17-12-4-2-3-11(16)9-12/h2-4,9H,5-8,10H2,1H3,(H,17,22). The highest BCUT2D eigenvalue weighted by Gasteiger charge is 2.19. The number of nitrogens with zero attached hydrogens (tertiary/aromatic N) is 4. The molecule has 0 spiro atoms. The van der Waals surface area contributed by atoms with Crippen molar-refractivity contribution < 1.29 is 9.53 Å². The highest BCUT2D eigenvalue weighted by molar-refractivity contribution is 14.1. The van der Waals surface area contributed by atoms with Crippen LogP contribution in [0, 0.1) is 3.57 Å². The summed E-state index contributed by atoms with van der Waals surface area (Å²) in [5.41, 5.74) is 0.805. The van der Waals surface area contributed by atoms with Gasteiger partial charge in [0, 0.05) is 29.4 Å². The van der Waals surface area contributed by atoms with Gasteiger partial charge in [-0.3, -0.25) is 9.36 Å². The number of thioether (sulfide) groups is 1. The van der Waals surface area contributed by atoms with Crippen LogP contribution in [0.2, 0.25) is 0 Å². The predicted molar refractivity (Wildman–Crippen MR) is 103 cm³/mol. The van der Waals surface area contributed by atoms with Crippen molar-refractivity contribution in [3.63, 3.8) is 0 Å². The molecule has 0 bridgehead atoms. The minimum absolute atomic E-state index is 0.0575. The Bertz CT molecular complexity index is 718. The summed E-state index contributed by atoms with van der Waals surface area (Å²) in [6, 6.07) is 7.71. The maximum Gasteiger partial charge on any atom is 0.234 e. The Balaban J connectivity index is 1.56. The highest BCUT2D eigenvalue weighted by atomic mass is 127. The zero-order chi connectivity index (χ0) is 16.9. The number of aromatic nitrogens is 3. The average molecular weight is 459 g/mol. The first-order valence-corrected chi connectivity index (χ1v) is 9.60. The van der Waals surface area contributed by atoms with Crippen LogP contribution in [0.4, 0.5) is 11.6 Å². The van der Waals surface area contributed by atoms with Crippen molar-refractivity contribution in [1.29, 1.82) is 0 Å². The number of carbonyl (C=O) groups excluding carboxylic acids is 1. The Morgan fingerprint density at radius 1 is 1.38 bits per heavy atom. The van der Waals surface area contributed by atoms with E-state index in [4.69, 9.17) is 4.74 Å². The van der Waals surface area contributed by atoms with Gasteiger partial charge in [0.25, 0.3) is 0 Å². The van der Waals surface area contributed by atoms with Gasteiger partial charge in [-0.1, -0.05) is 17.8 Å². The summed E-state index contributed by atoms with van der Waals surface area (Å²) in [6.45, 7) is 3.02. The number of amides is 1. The third-order valence-corrected chi connectivity index (χ3v) is 5.24. The van der Waals surface area contributed by atoms with Gasteiger partial charge < -0.3 is 15.0 Å². The molecule has 1 saturated heterocycles. The van der Waals surface area contributed by atoms with E-state index in [0.717, 1.165) is 33.5 Å². The molecule has 1 aromatic heterocycles. The minimum Gasteiger partial charge on any atom is -0.378 e. The molecule has 1 N–H and O–H groups in total. The van der Waals surface area contributed by atoms with E-state index in [0.29, 0.717) is 19.0 Å². The molecule has 24 heavy (non-hydrogen) atoms. The first-order chi connectivity index (χ1) is 11.6. The van der Waals surface area contributed by atoms with Crippen LogP contribution in [-0.2, 0) is 16.6 Å². The van der Waals surface area contributed by atoms with E-state index in [2.05, 4.69) is 43.0 Å². The van der Waals surface area contributed by atoms with Gasteiger partial charge in [0.2, 0.25) is 11.9 Å². The zero-order valence-electron chi connectivity index (χ0n) is 13.2. The molecule has 1 aliphatic rings. The Morgan fingerprint density at radius 2 is 2.17 bits per heavy atom. The molecular weight excluding hydrogens is 441 g/mol. The molecule has 0 saturated carbocycles. The van der Waals surface area contributed by atoms with Crippen molar-refractivity contribution in [1.82, 2.24) is 14.8 Å². The van der Waals surface area contributed by atoms with Gasteiger partial charge in [-0.25, -0.2) is 0 Å². The Kier molecular flexibility index (Phi) is 5.95. The third-order valence-electron chi connectivity index (χ3n) is 3.55. The molecule has 1 aromatic carbocycles. The summed E-state index contributed by atoms with van der Waals surface area (Å²) in [7, 11) is 1.92. The van der Waals surface area contributed by atoms with Gasteiger partial charge in [-0.2, -0.15) is 0 Å². The summed E-state index contributed by atoms with van der Waals surface area (Å²) in [4.78, 5) is 14.2. The maximum absolute atomic E-state index is 12.1. The van der Waals surface area contributed by atoms with Crippen LogP contribution in [0.25, 0.3) is 0 Å². The number of anilines is 2. The van der Waals surface area contributed by atoms with Crippen LogP contribution in [0.3, 0.4) is 0 Å². The predicted octanol–water partition coefficient (Wildman–Crippen LogP) is 1.99. The lowest BCUT2D eigenvalue weighted by atomic mass is 10.3. The maximum atomic E-state index is 12.1. The number of ether oxygens (including phenoxy) is 1. The van der Waals surface area contributed by atoms with Crippen molar-refractivity contribution in [3.05, 3.63) is 27.8 Å². The number of carbonyl (C=O) groups is 1. The molecule has 1 amide bonds. The third kappa shape index (κ3) is 4.39. The first kappa shape index (κ1) is 17.5. The van der Waals surface area contributed by atoms with Crippen LogP contribution < -0.4 is 10.2 Å². The molecule has 3 rings (SSSR count). The summed E-state index contributed by atoms with van der Waals surface area (Å²) in [6.07, 6.45) is 0. The fraction of sp³-hybridized carbons (Fsp3) is 0.400. The molecular formula is C15H18IN5O2S. The van der Waals surface area contributed by atoms with E-state index in [1.165, 1.54) is 11.8 Å². The molecule has 1 fully saturated rings. The lowest BCUT2D eigenvalue weighted by Crippen LogP contribution is -2.37. The monoisotopic (exact) mass is 459 g/mol. The largest absolute Gasteiger partial charge is 0.378 e. The van der Waals surface area contributed by atoms with Gasteiger partial charge in [-0.15, -0.1) is 10.2 Å². The quantitative estimate of drug-likeness (QED) is 0.545. The summed E-state index contributed by atoms with van der Waals surface area (Å²) in [5, 5.41) is 12.1. The molecule has 0 radical (unpaired) electrons. The number of rotatable bonds is 5. The van der Waals surface area contributed by atoms with Crippen LogP contribution in [0.5, 0.6) is 0 Å². The fourth-order valence-corrected chi connectivity index (χ4v) is 3.61. The minimum atomic E-state index is -0.0575. The molecule has 7 nitrogen and oxygen atoms in total. The first-order valence-electron chi connectivity index (χ1n) is 7.54. The summed E-state index contributed by atoms with van der Waals surface area (Å²) in [5.74, 6) is 1.05. The van der Waals surface area contributed by atoms with Crippen LogP contribution in [-0.4, -0.2) is 52.7 Å². The molecule has 9 heteroatoms. The highest BCUT2D eigenvalue weighted by Crippen LogP contribution is 2.21. The van der Waals surface area contributed by atoms with Gasteiger partial charge in [0.15, 0.2) is 5.16 Å². The Morgan fingerprint density at radius 3 is 2.92 bits per heavy atom. The second-order valence-corrected chi connectivity index (χ2v) is 7.48. The second kappa shape index (κ2) is 8.17. The number of nitrogens with one attached hydrogen (secondary N) is 1. The number of morpholine rings is 1. The van der Waals surface area contributed by atoms with E-state index in [1.54, 1.807) is 0 Å². The molecule has 0 aliphatic carbocycles. The van der Waals surface area contributed by atoms with Gasteiger partial charge in [0.05, 0.1) is 19.0 Å². The molecule has 1 aliphatic heterocycles. The topological polar surface area (TPSA) is 72.3 Å². The molecule has 0 atom stereocenters. The van der Waals surface area contributed by atoms with E-state index in [9.17, 15) is 4.79 Å². The number of halogens is 1. The zero-order valence-corrected chi connectivity index (χ0v) is 16.2. The van der Waals surface area contributed by atoms with E-state index >= 15 is 0 Å². The van der Waals surface area contributed by atoms with Crippen molar-refractivity contribution in [3.8, 4) is 0 Å². The number of hydrogen-bond donors (Lipinski definition) is 1.